The maximum absolute atomic E-state index is 12.6. The maximum Gasteiger partial charge on any atom is 0.256 e. The van der Waals surface area contributed by atoms with Gasteiger partial charge < -0.3 is 20.1 Å². The van der Waals surface area contributed by atoms with Gasteiger partial charge in [-0.3, -0.25) is 4.79 Å². The summed E-state index contributed by atoms with van der Waals surface area (Å²) >= 11 is 0. The van der Waals surface area contributed by atoms with Crippen molar-refractivity contribution in [3.8, 4) is 5.75 Å². The first-order valence-corrected chi connectivity index (χ1v) is 7.42. The molecule has 1 amide bonds. The first-order chi connectivity index (χ1) is 10.1. The standard InChI is InChI=1S/C16H24N2O3/c1-4-21-13-5-6-14(12(2)11-13)18-15(19)16(20-3)7-9-17-10-8-16/h5-6,11,17H,4,7-10H2,1-3H3,(H,18,19). The number of nitrogens with one attached hydrogen (secondary N) is 2. The highest BCUT2D eigenvalue weighted by atomic mass is 16.5. The van der Waals surface area contributed by atoms with Gasteiger partial charge in [0.2, 0.25) is 0 Å². The van der Waals surface area contributed by atoms with Gasteiger partial charge in [0.05, 0.1) is 6.61 Å². The van der Waals surface area contributed by atoms with E-state index in [0.717, 1.165) is 30.1 Å². The summed E-state index contributed by atoms with van der Waals surface area (Å²) in [6.45, 7) is 6.13. The number of hydrogen-bond acceptors (Lipinski definition) is 4. The number of ether oxygens (including phenoxy) is 2. The third-order valence-electron chi connectivity index (χ3n) is 3.97. The average Bonchev–Trinajstić information content (AvgIpc) is 2.51. The SMILES string of the molecule is CCOc1ccc(NC(=O)C2(OC)CCNCC2)c(C)c1. The van der Waals surface area contributed by atoms with Crippen LogP contribution in [0.15, 0.2) is 18.2 Å². The molecule has 1 aromatic rings. The molecule has 0 radical (unpaired) electrons. The third kappa shape index (κ3) is 3.54. The molecule has 0 unspecified atom stereocenters. The Labute approximate surface area is 126 Å². The molecule has 0 saturated carbocycles. The summed E-state index contributed by atoms with van der Waals surface area (Å²) in [7, 11) is 1.61. The van der Waals surface area contributed by atoms with Crippen LogP contribution in [0.4, 0.5) is 5.69 Å². The minimum absolute atomic E-state index is 0.0706. The van der Waals surface area contributed by atoms with E-state index in [1.165, 1.54) is 0 Å². The van der Waals surface area contributed by atoms with Gasteiger partial charge in [0.25, 0.3) is 5.91 Å². The fourth-order valence-corrected chi connectivity index (χ4v) is 2.62. The monoisotopic (exact) mass is 292 g/mol. The van der Waals surface area contributed by atoms with Crippen LogP contribution in [-0.2, 0) is 9.53 Å². The normalized spacial score (nSPS) is 17.3. The van der Waals surface area contributed by atoms with Crippen molar-refractivity contribution < 1.29 is 14.3 Å². The number of piperidine rings is 1. The van der Waals surface area contributed by atoms with E-state index in [1.54, 1.807) is 7.11 Å². The highest BCUT2D eigenvalue weighted by Gasteiger charge is 2.39. The molecule has 2 N–H and O–H groups in total. The topological polar surface area (TPSA) is 59.6 Å². The van der Waals surface area contributed by atoms with Crippen molar-refractivity contribution in [2.24, 2.45) is 0 Å². The average molecular weight is 292 g/mol. The molecule has 1 saturated heterocycles. The molecular weight excluding hydrogens is 268 g/mol. The molecule has 5 heteroatoms. The molecule has 116 valence electrons. The van der Waals surface area contributed by atoms with E-state index in [1.807, 2.05) is 32.0 Å². The largest absolute Gasteiger partial charge is 0.494 e. The summed E-state index contributed by atoms with van der Waals surface area (Å²) in [6.07, 6.45) is 1.37. The van der Waals surface area contributed by atoms with Gasteiger partial charge in [-0.2, -0.15) is 0 Å². The molecule has 0 aliphatic carbocycles. The van der Waals surface area contributed by atoms with Crippen molar-refractivity contribution in [2.45, 2.75) is 32.3 Å². The first-order valence-electron chi connectivity index (χ1n) is 7.42. The molecule has 21 heavy (non-hydrogen) atoms. The molecule has 1 aliphatic rings. The Kier molecular flexibility index (Phi) is 5.20. The Morgan fingerprint density at radius 1 is 1.38 bits per heavy atom. The Morgan fingerprint density at radius 3 is 2.67 bits per heavy atom. The number of benzene rings is 1. The van der Waals surface area contributed by atoms with Gasteiger partial charge in [-0.25, -0.2) is 0 Å². The van der Waals surface area contributed by atoms with Crippen molar-refractivity contribution in [1.29, 1.82) is 0 Å². The van der Waals surface area contributed by atoms with Gasteiger partial charge in [0.15, 0.2) is 0 Å². The minimum Gasteiger partial charge on any atom is -0.494 e. The lowest BCUT2D eigenvalue weighted by Crippen LogP contribution is -2.51. The molecular formula is C16H24N2O3. The Bertz CT molecular complexity index is 496. The van der Waals surface area contributed by atoms with Crippen LogP contribution in [0.25, 0.3) is 0 Å². The molecule has 5 nitrogen and oxygen atoms in total. The predicted octanol–water partition coefficient (Wildman–Crippen LogP) is 2.10. The number of methoxy groups -OCH3 is 1. The molecule has 1 heterocycles. The lowest BCUT2D eigenvalue weighted by atomic mass is 9.91. The van der Waals surface area contributed by atoms with Crippen LogP contribution < -0.4 is 15.4 Å². The van der Waals surface area contributed by atoms with Crippen LogP contribution in [0, 0.1) is 6.92 Å². The van der Waals surface area contributed by atoms with Gasteiger partial charge in [-0.15, -0.1) is 0 Å². The summed E-state index contributed by atoms with van der Waals surface area (Å²) in [5.41, 5.74) is 1.06. The van der Waals surface area contributed by atoms with Crippen LogP contribution in [0.3, 0.4) is 0 Å². The van der Waals surface area contributed by atoms with E-state index in [9.17, 15) is 4.79 Å². The van der Waals surface area contributed by atoms with Crippen molar-refractivity contribution in [3.63, 3.8) is 0 Å². The fourth-order valence-electron chi connectivity index (χ4n) is 2.62. The number of hydrogen-bond donors (Lipinski definition) is 2. The highest BCUT2D eigenvalue weighted by Crippen LogP contribution is 2.27. The summed E-state index contributed by atoms with van der Waals surface area (Å²) in [4.78, 5) is 12.6. The molecule has 0 aromatic heterocycles. The number of anilines is 1. The summed E-state index contributed by atoms with van der Waals surface area (Å²) in [6, 6.07) is 5.68. The third-order valence-corrected chi connectivity index (χ3v) is 3.97. The number of carbonyl (C=O) groups is 1. The second-order valence-corrected chi connectivity index (χ2v) is 5.31. The number of carbonyl (C=O) groups excluding carboxylic acids is 1. The summed E-state index contributed by atoms with van der Waals surface area (Å²) < 4.78 is 11.0. The van der Waals surface area contributed by atoms with Crippen LogP contribution in [-0.4, -0.2) is 38.3 Å². The zero-order chi connectivity index (χ0) is 15.3. The quantitative estimate of drug-likeness (QED) is 0.872. The van der Waals surface area contributed by atoms with E-state index in [2.05, 4.69) is 10.6 Å². The highest BCUT2D eigenvalue weighted by molar-refractivity contribution is 5.98. The van der Waals surface area contributed by atoms with Gasteiger partial charge in [0, 0.05) is 12.8 Å². The zero-order valence-electron chi connectivity index (χ0n) is 13.0. The second kappa shape index (κ2) is 6.91. The van der Waals surface area contributed by atoms with E-state index >= 15 is 0 Å². The number of rotatable bonds is 5. The van der Waals surface area contributed by atoms with Crippen LogP contribution in [0.2, 0.25) is 0 Å². The molecule has 2 rings (SSSR count). The number of aryl methyl sites for hydroxylation is 1. The van der Waals surface area contributed by atoms with Crippen LogP contribution in [0.1, 0.15) is 25.3 Å². The molecule has 0 atom stereocenters. The van der Waals surface area contributed by atoms with Crippen molar-refractivity contribution in [3.05, 3.63) is 23.8 Å². The van der Waals surface area contributed by atoms with E-state index in [4.69, 9.17) is 9.47 Å². The maximum atomic E-state index is 12.6. The fraction of sp³-hybridized carbons (Fsp3) is 0.562. The van der Waals surface area contributed by atoms with E-state index in [-0.39, 0.29) is 5.91 Å². The minimum atomic E-state index is -0.726. The molecule has 1 fully saturated rings. The Hall–Kier alpha value is -1.59. The summed E-state index contributed by atoms with van der Waals surface area (Å²) in [5.74, 6) is 0.745. The van der Waals surface area contributed by atoms with Crippen molar-refractivity contribution in [1.82, 2.24) is 5.32 Å². The molecule has 0 bridgehead atoms. The van der Waals surface area contributed by atoms with Crippen LogP contribution >= 0.6 is 0 Å². The van der Waals surface area contributed by atoms with E-state index in [0.29, 0.717) is 19.4 Å². The first kappa shape index (κ1) is 15.8. The molecule has 1 aromatic carbocycles. The zero-order valence-corrected chi connectivity index (χ0v) is 13.0. The van der Waals surface area contributed by atoms with Crippen molar-refractivity contribution in [2.75, 3.05) is 32.1 Å². The number of amides is 1. The molecule has 1 aliphatic heterocycles. The van der Waals surface area contributed by atoms with Gasteiger partial charge >= 0.3 is 0 Å². The Morgan fingerprint density at radius 2 is 2.10 bits per heavy atom. The molecule has 0 spiro atoms. The smallest absolute Gasteiger partial charge is 0.256 e. The van der Waals surface area contributed by atoms with Crippen LogP contribution in [0.5, 0.6) is 5.75 Å². The van der Waals surface area contributed by atoms with E-state index < -0.39 is 5.60 Å². The van der Waals surface area contributed by atoms with Gasteiger partial charge in [-0.1, -0.05) is 0 Å². The summed E-state index contributed by atoms with van der Waals surface area (Å²) in [5, 5.41) is 6.24. The lowest BCUT2D eigenvalue weighted by Gasteiger charge is -2.34. The second-order valence-electron chi connectivity index (χ2n) is 5.31. The van der Waals surface area contributed by atoms with Gasteiger partial charge in [-0.05, 0) is 63.5 Å². The Balaban J connectivity index is 2.11. The van der Waals surface area contributed by atoms with Gasteiger partial charge in [0.1, 0.15) is 11.4 Å². The predicted molar refractivity (Wildman–Crippen MR) is 82.8 cm³/mol. The van der Waals surface area contributed by atoms with Crippen molar-refractivity contribution >= 4 is 11.6 Å². The lowest BCUT2D eigenvalue weighted by molar-refractivity contribution is -0.140.